The van der Waals surface area contributed by atoms with E-state index >= 15 is 0 Å². The van der Waals surface area contributed by atoms with E-state index in [0.29, 0.717) is 35.7 Å². The number of halogens is 1. The van der Waals surface area contributed by atoms with Gasteiger partial charge in [-0.25, -0.2) is 13.0 Å². The van der Waals surface area contributed by atoms with Crippen LogP contribution in [0.4, 0.5) is 11.4 Å². The van der Waals surface area contributed by atoms with E-state index in [-0.39, 0.29) is 17.2 Å². The number of amides is 1. The molecule has 0 saturated carbocycles. The number of nitrogens with one attached hydrogen (secondary N) is 2. The summed E-state index contributed by atoms with van der Waals surface area (Å²) in [5.74, 6) is -0.225. The van der Waals surface area contributed by atoms with E-state index in [1.807, 2.05) is 16.7 Å². The third-order valence-corrected chi connectivity index (χ3v) is 6.87. The second kappa shape index (κ2) is 12.8. The Morgan fingerprint density at radius 3 is 2.35 bits per heavy atom. The summed E-state index contributed by atoms with van der Waals surface area (Å²) < 4.78 is 29.6. The zero-order chi connectivity index (χ0) is 25.1. The van der Waals surface area contributed by atoms with Crippen molar-refractivity contribution in [2.24, 2.45) is 0 Å². The molecule has 1 aromatic heterocycles. The van der Waals surface area contributed by atoms with Gasteiger partial charge in [0.2, 0.25) is 5.91 Å². The van der Waals surface area contributed by atoms with Crippen LogP contribution in [-0.2, 0) is 21.4 Å². The number of hydrogen-bond acceptors (Lipinski definition) is 5. The van der Waals surface area contributed by atoms with Gasteiger partial charge in [0.25, 0.3) is 10.0 Å². The van der Waals surface area contributed by atoms with E-state index in [2.05, 4.69) is 22.2 Å². The van der Waals surface area contributed by atoms with Gasteiger partial charge in [0.05, 0.1) is 28.4 Å². The summed E-state index contributed by atoms with van der Waals surface area (Å²) in [5, 5.41) is 5.88. The number of hydrogen-bond donors (Lipinski definition) is 3. The van der Waals surface area contributed by atoms with Gasteiger partial charge in [-0.3, -0.25) is 9.10 Å². The maximum atomic E-state index is 13.2. The number of allylic oxidation sites excluding steroid dienone is 3. The Morgan fingerprint density at radius 1 is 1.09 bits per heavy atom. The van der Waals surface area contributed by atoms with E-state index in [1.54, 1.807) is 61.9 Å². The lowest BCUT2D eigenvalue weighted by Crippen LogP contribution is -2.37. The molecule has 0 unspecified atom stereocenters. The van der Waals surface area contributed by atoms with Gasteiger partial charge in [-0.05, 0) is 24.6 Å². The number of carbonyl (C=O) groups is 1. The van der Waals surface area contributed by atoms with Crippen molar-refractivity contribution in [3.8, 4) is 0 Å². The highest BCUT2D eigenvalue weighted by Gasteiger charge is 2.25. The fraction of sp³-hybridized carbons (Fsp3) is 0.250. The SMILES string of the molecule is CCl.CNC1=CCC=C(S(=O)(=O)N(C)c2ccccc2)C=C1NC(=O)CC[n+]1ccc(N)cc1. The molecule has 182 valence electrons. The number of aromatic nitrogens is 1. The lowest BCUT2D eigenvalue weighted by atomic mass is 10.2. The van der Waals surface area contributed by atoms with E-state index < -0.39 is 10.0 Å². The Bertz CT molecular complexity index is 1160. The molecule has 34 heavy (non-hydrogen) atoms. The Labute approximate surface area is 206 Å². The van der Waals surface area contributed by atoms with Crippen molar-refractivity contribution in [3.63, 3.8) is 0 Å². The van der Waals surface area contributed by atoms with Gasteiger partial charge in [0, 0.05) is 38.3 Å². The molecule has 1 aliphatic rings. The first-order valence-corrected chi connectivity index (χ1v) is 12.8. The van der Waals surface area contributed by atoms with Gasteiger partial charge in [-0.15, -0.1) is 11.6 Å². The summed E-state index contributed by atoms with van der Waals surface area (Å²) in [7, 11) is -0.568. The van der Waals surface area contributed by atoms with Crippen molar-refractivity contribution in [2.75, 3.05) is 30.5 Å². The summed E-state index contributed by atoms with van der Waals surface area (Å²) in [4.78, 5) is 12.7. The van der Waals surface area contributed by atoms with Crippen molar-refractivity contribution >= 4 is 38.9 Å². The second-order valence-corrected chi connectivity index (χ2v) is 9.21. The van der Waals surface area contributed by atoms with Crippen LogP contribution >= 0.6 is 11.6 Å². The normalized spacial score (nSPS) is 13.2. The number of nitrogen functional groups attached to an aromatic ring is 1. The third kappa shape index (κ3) is 7.10. The number of nitrogens with zero attached hydrogens (tertiary/aromatic N) is 2. The number of pyridine rings is 1. The molecule has 1 aliphatic carbocycles. The number of alkyl halides is 1. The minimum Gasteiger partial charge on any atom is -0.398 e. The van der Waals surface area contributed by atoms with Crippen LogP contribution in [0.25, 0.3) is 0 Å². The molecule has 1 aromatic carbocycles. The number of nitrogens with two attached hydrogens (primary N) is 1. The monoisotopic (exact) mass is 504 g/mol. The first-order valence-electron chi connectivity index (χ1n) is 10.6. The van der Waals surface area contributed by atoms with Gasteiger partial charge >= 0.3 is 0 Å². The van der Waals surface area contributed by atoms with Crippen LogP contribution in [-0.4, -0.2) is 34.8 Å². The van der Waals surface area contributed by atoms with Crippen molar-refractivity contribution < 1.29 is 17.8 Å². The van der Waals surface area contributed by atoms with Crippen LogP contribution in [0.1, 0.15) is 12.8 Å². The molecule has 0 fully saturated rings. The summed E-state index contributed by atoms with van der Waals surface area (Å²) in [6.45, 7) is 0.468. The molecule has 10 heteroatoms. The molecule has 0 aliphatic heterocycles. The third-order valence-electron chi connectivity index (χ3n) is 5.05. The minimum atomic E-state index is -3.81. The Balaban J connectivity index is 0.00000199. The predicted molar refractivity (Wildman–Crippen MR) is 137 cm³/mol. The predicted octanol–water partition coefficient (Wildman–Crippen LogP) is 2.66. The number of rotatable bonds is 8. The molecule has 0 spiro atoms. The van der Waals surface area contributed by atoms with E-state index in [4.69, 9.17) is 5.73 Å². The molecule has 1 amide bonds. The number of sulfonamides is 1. The van der Waals surface area contributed by atoms with Gasteiger partial charge in [0.15, 0.2) is 18.9 Å². The lowest BCUT2D eigenvalue weighted by Gasteiger charge is -2.20. The Kier molecular flexibility index (Phi) is 10.2. The van der Waals surface area contributed by atoms with Gasteiger partial charge in [-0.1, -0.05) is 30.4 Å². The van der Waals surface area contributed by atoms with Crippen LogP contribution in [0.3, 0.4) is 0 Å². The molecular formula is C24H31ClN5O3S+. The number of anilines is 2. The average molecular weight is 505 g/mol. The van der Waals surface area contributed by atoms with Crippen LogP contribution in [0, 0.1) is 0 Å². The van der Waals surface area contributed by atoms with Crippen LogP contribution in [0.15, 0.2) is 89.4 Å². The molecule has 0 atom stereocenters. The highest BCUT2D eigenvalue weighted by Crippen LogP contribution is 2.25. The van der Waals surface area contributed by atoms with E-state index in [1.165, 1.54) is 23.8 Å². The number of benzene rings is 1. The molecule has 0 bridgehead atoms. The summed E-state index contributed by atoms with van der Waals surface area (Å²) >= 11 is 4.64. The lowest BCUT2D eigenvalue weighted by molar-refractivity contribution is -0.695. The topological polar surface area (TPSA) is 108 Å². The van der Waals surface area contributed by atoms with Crippen molar-refractivity contribution in [3.05, 3.63) is 89.4 Å². The number of para-hydroxylation sites is 1. The van der Waals surface area contributed by atoms with Crippen molar-refractivity contribution in [2.45, 2.75) is 19.4 Å². The quantitative estimate of drug-likeness (QED) is 0.378. The average Bonchev–Trinajstić information content (AvgIpc) is 3.07. The van der Waals surface area contributed by atoms with Crippen LogP contribution in [0.5, 0.6) is 0 Å². The first-order chi connectivity index (χ1) is 16.3. The van der Waals surface area contributed by atoms with Gasteiger partial charge < -0.3 is 16.4 Å². The number of aryl methyl sites for hydroxylation is 1. The number of carbonyl (C=O) groups excluding carboxylic acids is 1. The molecule has 0 radical (unpaired) electrons. The van der Waals surface area contributed by atoms with Crippen molar-refractivity contribution in [1.29, 1.82) is 0 Å². The van der Waals surface area contributed by atoms with Crippen molar-refractivity contribution in [1.82, 2.24) is 10.6 Å². The molecular weight excluding hydrogens is 474 g/mol. The molecule has 4 N–H and O–H groups in total. The molecule has 8 nitrogen and oxygen atoms in total. The summed E-state index contributed by atoms with van der Waals surface area (Å²) in [6.07, 6.45) is 10.7. The second-order valence-electron chi connectivity index (χ2n) is 7.24. The molecule has 3 rings (SSSR count). The Morgan fingerprint density at radius 2 is 1.74 bits per heavy atom. The minimum absolute atomic E-state index is 0.119. The maximum absolute atomic E-state index is 13.2. The maximum Gasteiger partial charge on any atom is 0.263 e. The van der Waals surface area contributed by atoms with Gasteiger partial charge in [-0.2, -0.15) is 0 Å². The van der Waals surface area contributed by atoms with E-state index in [0.717, 1.165) is 0 Å². The molecule has 0 saturated heterocycles. The molecule has 2 aromatic rings. The highest BCUT2D eigenvalue weighted by atomic mass is 35.5. The smallest absolute Gasteiger partial charge is 0.263 e. The zero-order valence-corrected chi connectivity index (χ0v) is 21.1. The zero-order valence-electron chi connectivity index (χ0n) is 19.5. The Hall–Kier alpha value is -3.30. The highest BCUT2D eigenvalue weighted by molar-refractivity contribution is 7.96. The van der Waals surface area contributed by atoms with Gasteiger partial charge in [0.1, 0.15) is 0 Å². The summed E-state index contributed by atoms with van der Waals surface area (Å²) in [5.41, 5.74) is 7.96. The fourth-order valence-corrected chi connectivity index (χ4v) is 4.49. The molecule has 1 heterocycles. The van der Waals surface area contributed by atoms with Crippen LogP contribution in [0.2, 0.25) is 0 Å². The van der Waals surface area contributed by atoms with E-state index in [9.17, 15) is 13.2 Å². The number of likely N-dealkylation sites (N-methyl/N-ethyl adjacent to an activating group) is 1. The first kappa shape index (κ1) is 26.9. The standard InChI is InChI=1S/C23H27N5O3S.CH3Cl/c1-25-21-10-6-9-20(32(30,31)27(2)19-7-4-3-5-8-19)17-22(21)26-23(29)13-16-28-14-11-18(24)12-15-28;1-2/h3-5,7-12,14-15,17,24-25H,6,13,16H2,1-2H3,(H,26,29);1H3/p+1. The summed E-state index contributed by atoms with van der Waals surface area (Å²) in [6, 6.07) is 12.4. The largest absolute Gasteiger partial charge is 0.398 e. The van der Waals surface area contributed by atoms with Crippen LogP contribution < -0.4 is 25.2 Å². The fourth-order valence-electron chi connectivity index (χ4n) is 3.20.